The SMILES string of the molecule is COC(=O)N1C=C[C@H](C)C(C=O)=C1. The van der Waals surface area contributed by atoms with Crippen LogP contribution in [0.4, 0.5) is 4.79 Å². The number of hydrogen-bond acceptors (Lipinski definition) is 3. The van der Waals surface area contributed by atoms with Crippen molar-refractivity contribution < 1.29 is 14.3 Å². The first-order valence-electron chi connectivity index (χ1n) is 3.90. The molecule has 0 saturated heterocycles. The molecule has 4 nitrogen and oxygen atoms in total. The van der Waals surface area contributed by atoms with Gasteiger partial charge in [0.15, 0.2) is 0 Å². The standard InChI is InChI=1S/C9H11NO3/c1-7-3-4-10(9(12)13-2)5-8(7)6-11/h3-7H,1-2H3/t7-/m0/s1. The third kappa shape index (κ3) is 1.96. The summed E-state index contributed by atoms with van der Waals surface area (Å²) in [5, 5.41) is 0. The van der Waals surface area contributed by atoms with Crippen molar-refractivity contribution in [3.63, 3.8) is 0 Å². The smallest absolute Gasteiger partial charge is 0.417 e. The lowest BCUT2D eigenvalue weighted by atomic mass is 10.0. The maximum absolute atomic E-state index is 11.0. The van der Waals surface area contributed by atoms with E-state index in [0.717, 1.165) is 6.29 Å². The van der Waals surface area contributed by atoms with Crippen LogP contribution in [0.25, 0.3) is 0 Å². The lowest BCUT2D eigenvalue weighted by Gasteiger charge is -2.19. The molecule has 0 N–H and O–H groups in total. The molecule has 0 fully saturated rings. The van der Waals surface area contributed by atoms with Gasteiger partial charge in [-0.3, -0.25) is 9.69 Å². The largest absolute Gasteiger partial charge is 0.452 e. The lowest BCUT2D eigenvalue weighted by Crippen LogP contribution is -2.24. The van der Waals surface area contributed by atoms with Crippen LogP contribution in [0.1, 0.15) is 6.92 Å². The molecule has 0 unspecified atom stereocenters. The van der Waals surface area contributed by atoms with Crippen molar-refractivity contribution in [1.29, 1.82) is 0 Å². The average molecular weight is 181 g/mol. The third-order valence-corrected chi connectivity index (χ3v) is 1.87. The molecule has 13 heavy (non-hydrogen) atoms. The van der Waals surface area contributed by atoms with E-state index in [2.05, 4.69) is 4.74 Å². The number of methoxy groups -OCH3 is 1. The summed E-state index contributed by atoms with van der Waals surface area (Å²) in [4.78, 5) is 22.8. The van der Waals surface area contributed by atoms with Crippen LogP contribution in [0.15, 0.2) is 24.0 Å². The van der Waals surface area contributed by atoms with Crippen LogP contribution in [0.3, 0.4) is 0 Å². The molecule has 1 aliphatic heterocycles. The molecule has 0 radical (unpaired) electrons. The maximum Gasteiger partial charge on any atom is 0.417 e. The normalized spacial score (nSPS) is 20.9. The van der Waals surface area contributed by atoms with Gasteiger partial charge in [0.25, 0.3) is 0 Å². The molecule has 1 rings (SSSR count). The molecule has 0 aliphatic carbocycles. The highest BCUT2D eigenvalue weighted by molar-refractivity contribution is 5.78. The van der Waals surface area contributed by atoms with Crippen LogP contribution >= 0.6 is 0 Å². The minimum Gasteiger partial charge on any atom is -0.452 e. The zero-order valence-corrected chi connectivity index (χ0v) is 7.56. The summed E-state index contributed by atoms with van der Waals surface area (Å²) in [5.74, 6) is 0.0541. The Balaban J connectivity index is 2.82. The maximum atomic E-state index is 11.0. The number of rotatable bonds is 1. The fourth-order valence-electron chi connectivity index (χ4n) is 1.01. The topological polar surface area (TPSA) is 46.6 Å². The number of ether oxygens (including phenoxy) is 1. The van der Waals surface area contributed by atoms with E-state index in [0.29, 0.717) is 5.57 Å². The number of aldehydes is 1. The van der Waals surface area contributed by atoms with Crippen molar-refractivity contribution in [2.45, 2.75) is 6.92 Å². The minimum absolute atomic E-state index is 0.0541. The van der Waals surface area contributed by atoms with E-state index in [4.69, 9.17) is 0 Å². The first-order valence-corrected chi connectivity index (χ1v) is 3.90. The minimum atomic E-state index is -0.498. The van der Waals surface area contributed by atoms with E-state index in [-0.39, 0.29) is 5.92 Å². The summed E-state index contributed by atoms with van der Waals surface area (Å²) in [6.07, 6.45) is 5.07. The van der Waals surface area contributed by atoms with Gasteiger partial charge < -0.3 is 4.74 Å². The highest BCUT2D eigenvalue weighted by Gasteiger charge is 2.16. The van der Waals surface area contributed by atoms with Crippen molar-refractivity contribution in [3.8, 4) is 0 Å². The first-order chi connectivity index (χ1) is 6.19. The van der Waals surface area contributed by atoms with Crippen LogP contribution in [-0.2, 0) is 9.53 Å². The molecule has 0 saturated carbocycles. The molecule has 0 aromatic rings. The van der Waals surface area contributed by atoms with E-state index in [1.165, 1.54) is 18.2 Å². The van der Waals surface area contributed by atoms with Gasteiger partial charge in [-0.1, -0.05) is 13.0 Å². The molecule has 0 spiro atoms. The average Bonchev–Trinajstić information content (AvgIpc) is 2.17. The number of hydrogen-bond donors (Lipinski definition) is 0. The number of allylic oxidation sites excluding steroid dienone is 2. The fraction of sp³-hybridized carbons (Fsp3) is 0.333. The van der Waals surface area contributed by atoms with Gasteiger partial charge in [0.05, 0.1) is 7.11 Å². The van der Waals surface area contributed by atoms with Gasteiger partial charge in [-0.25, -0.2) is 4.79 Å². The Morgan fingerprint density at radius 2 is 2.38 bits per heavy atom. The second kappa shape index (κ2) is 3.89. The van der Waals surface area contributed by atoms with E-state index >= 15 is 0 Å². The predicted molar refractivity (Wildman–Crippen MR) is 46.7 cm³/mol. The number of carbonyl (C=O) groups is 2. The summed E-state index contributed by atoms with van der Waals surface area (Å²) in [6, 6.07) is 0. The van der Waals surface area contributed by atoms with E-state index in [9.17, 15) is 9.59 Å². The molecule has 0 aromatic carbocycles. The first kappa shape index (κ1) is 9.51. The van der Waals surface area contributed by atoms with Crippen LogP contribution in [0, 0.1) is 5.92 Å². The molecule has 0 bridgehead atoms. The Morgan fingerprint density at radius 3 is 2.92 bits per heavy atom. The van der Waals surface area contributed by atoms with Crippen LogP contribution in [0.5, 0.6) is 0 Å². The summed E-state index contributed by atoms with van der Waals surface area (Å²) in [7, 11) is 1.29. The summed E-state index contributed by atoms with van der Waals surface area (Å²) in [5.41, 5.74) is 0.563. The van der Waals surface area contributed by atoms with Crippen LogP contribution in [-0.4, -0.2) is 24.4 Å². The molecule has 1 atom stereocenters. The lowest BCUT2D eigenvalue weighted by molar-refractivity contribution is -0.105. The highest BCUT2D eigenvalue weighted by atomic mass is 16.5. The monoisotopic (exact) mass is 181 g/mol. The quantitative estimate of drug-likeness (QED) is 0.573. The van der Waals surface area contributed by atoms with Crippen molar-refractivity contribution in [2.24, 2.45) is 5.92 Å². The Morgan fingerprint density at radius 1 is 1.69 bits per heavy atom. The van der Waals surface area contributed by atoms with Crippen LogP contribution in [0.2, 0.25) is 0 Å². The van der Waals surface area contributed by atoms with Gasteiger partial charge in [0.1, 0.15) is 6.29 Å². The van der Waals surface area contributed by atoms with Crippen LogP contribution < -0.4 is 0 Å². The van der Waals surface area contributed by atoms with E-state index < -0.39 is 6.09 Å². The zero-order valence-electron chi connectivity index (χ0n) is 7.56. The van der Waals surface area contributed by atoms with E-state index in [1.807, 2.05) is 6.92 Å². The van der Waals surface area contributed by atoms with Gasteiger partial charge in [-0.15, -0.1) is 0 Å². The molecule has 0 aromatic heterocycles. The number of amides is 1. The molecule has 4 heteroatoms. The Hall–Kier alpha value is -1.58. The van der Waals surface area contributed by atoms with E-state index in [1.54, 1.807) is 12.3 Å². The summed E-state index contributed by atoms with van der Waals surface area (Å²) >= 11 is 0. The second-order valence-corrected chi connectivity index (χ2v) is 2.75. The van der Waals surface area contributed by atoms with Crippen molar-refractivity contribution >= 4 is 12.4 Å². The highest BCUT2D eigenvalue weighted by Crippen LogP contribution is 2.17. The van der Waals surface area contributed by atoms with Gasteiger partial charge in [-0.2, -0.15) is 0 Å². The van der Waals surface area contributed by atoms with Crippen molar-refractivity contribution in [1.82, 2.24) is 4.90 Å². The van der Waals surface area contributed by atoms with Gasteiger partial charge in [-0.05, 0) is 0 Å². The van der Waals surface area contributed by atoms with Gasteiger partial charge in [0.2, 0.25) is 0 Å². The number of carbonyl (C=O) groups excluding carboxylic acids is 2. The molecular weight excluding hydrogens is 170 g/mol. The van der Waals surface area contributed by atoms with Crippen molar-refractivity contribution in [2.75, 3.05) is 7.11 Å². The van der Waals surface area contributed by atoms with Crippen molar-refractivity contribution in [3.05, 3.63) is 24.0 Å². The van der Waals surface area contributed by atoms with Gasteiger partial charge in [0, 0.05) is 23.9 Å². The predicted octanol–water partition coefficient (Wildman–Crippen LogP) is 1.30. The fourth-order valence-corrected chi connectivity index (χ4v) is 1.01. The Kier molecular flexibility index (Phi) is 2.84. The molecule has 1 amide bonds. The third-order valence-electron chi connectivity index (χ3n) is 1.87. The Labute approximate surface area is 76.5 Å². The summed E-state index contributed by atoms with van der Waals surface area (Å²) < 4.78 is 4.49. The molecular formula is C9H11NO3. The number of nitrogens with zero attached hydrogens (tertiary/aromatic N) is 1. The molecule has 1 aliphatic rings. The molecule has 70 valence electrons. The zero-order chi connectivity index (χ0) is 9.84. The summed E-state index contributed by atoms with van der Waals surface area (Å²) in [6.45, 7) is 1.88. The molecule has 1 heterocycles. The Bertz CT molecular complexity index is 281. The second-order valence-electron chi connectivity index (χ2n) is 2.75. The van der Waals surface area contributed by atoms with Gasteiger partial charge >= 0.3 is 6.09 Å².